The lowest BCUT2D eigenvalue weighted by Gasteiger charge is -2.33. The van der Waals surface area contributed by atoms with Crippen molar-refractivity contribution in [1.29, 1.82) is 0 Å². The van der Waals surface area contributed by atoms with Crippen molar-refractivity contribution in [2.75, 3.05) is 30.3 Å². The second-order valence-corrected chi connectivity index (χ2v) is 13.4. The highest BCUT2D eigenvalue weighted by molar-refractivity contribution is 7.98. The van der Waals surface area contributed by atoms with E-state index in [-0.39, 0.29) is 29.0 Å². The predicted octanol–water partition coefficient (Wildman–Crippen LogP) is 5.89. The van der Waals surface area contributed by atoms with E-state index in [0.717, 1.165) is 20.3 Å². The van der Waals surface area contributed by atoms with Gasteiger partial charge in [0.25, 0.3) is 10.0 Å². The summed E-state index contributed by atoms with van der Waals surface area (Å²) in [6.45, 7) is 10.1. The van der Waals surface area contributed by atoms with Gasteiger partial charge in [0.1, 0.15) is 18.3 Å². The highest BCUT2D eigenvalue weighted by atomic mass is 32.2. The molecule has 0 fully saturated rings. The molecule has 0 bridgehead atoms. The van der Waals surface area contributed by atoms with Gasteiger partial charge in [0.05, 0.1) is 17.2 Å². The Morgan fingerprint density at radius 3 is 2.19 bits per heavy atom. The standard InChI is InChI=1S/C33H43N3O5S2/c1-7-29(33(38)34-21-24(3)4)35(22-26-15-13-25(5)14-16-26)32(37)23-36(30-11-9-10-12-31(30)41-8-2)43(39,40)28-19-17-27(42-6)18-20-28/h9-20,24,29H,7-8,21-23H2,1-6H3,(H,34,38)/t29-/m0/s1. The minimum Gasteiger partial charge on any atom is -0.492 e. The molecule has 3 rings (SSSR count). The highest BCUT2D eigenvalue weighted by Crippen LogP contribution is 2.33. The predicted molar refractivity (Wildman–Crippen MR) is 174 cm³/mol. The molecular weight excluding hydrogens is 583 g/mol. The fourth-order valence-electron chi connectivity index (χ4n) is 4.56. The number of benzene rings is 3. The lowest BCUT2D eigenvalue weighted by Crippen LogP contribution is -2.52. The van der Waals surface area contributed by atoms with Crippen LogP contribution < -0.4 is 14.4 Å². The van der Waals surface area contributed by atoms with Gasteiger partial charge in [0, 0.05) is 18.0 Å². The maximum Gasteiger partial charge on any atom is 0.264 e. The zero-order valence-electron chi connectivity index (χ0n) is 25.9. The average Bonchev–Trinajstić information content (AvgIpc) is 3.00. The van der Waals surface area contributed by atoms with Gasteiger partial charge in [-0.3, -0.25) is 13.9 Å². The first-order valence-electron chi connectivity index (χ1n) is 14.5. The van der Waals surface area contributed by atoms with Gasteiger partial charge in [0.15, 0.2) is 0 Å². The number of rotatable bonds is 15. The van der Waals surface area contributed by atoms with E-state index < -0.39 is 28.5 Å². The summed E-state index contributed by atoms with van der Waals surface area (Å²) in [5.41, 5.74) is 2.16. The van der Waals surface area contributed by atoms with Crippen LogP contribution >= 0.6 is 11.8 Å². The van der Waals surface area contributed by atoms with Crippen molar-refractivity contribution >= 4 is 39.3 Å². The number of amides is 2. The van der Waals surface area contributed by atoms with Crippen LogP contribution in [0.4, 0.5) is 5.69 Å². The molecule has 0 spiro atoms. The van der Waals surface area contributed by atoms with Gasteiger partial charge in [-0.2, -0.15) is 0 Å². The van der Waals surface area contributed by atoms with Crippen LogP contribution in [0.1, 0.15) is 45.2 Å². The van der Waals surface area contributed by atoms with Gasteiger partial charge in [-0.15, -0.1) is 11.8 Å². The van der Waals surface area contributed by atoms with Crippen LogP contribution in [0.5, 0.6) is 5.75 Å². The smallest absolute Gasteiger partial charge is 0.264 e. The molecule has 0 unspecified atom stereocenters. The largest absolute Gasteiger partial charge is 0.492 e. The van der Waals surface area contributed by atoms with Crippen LogP contribution in [-0.4, -0.2) is 57.1 Å². The van der Waals surface area contributed by atoms with Gasteiger partial charge in [-0.25, -0.2) is 8.42 Å². The Morgan fingerprint density at radius 1 is 0.953 bits per heavy atom. The van der Waals surface area contributed by atoms with Crippen LogP contribution in [0.3, 0.4) is 0 Å². The van der Waals surface area contributed by atoms with Gasteiger partial charge >= 0.3 is 0 Å². The topological polar surface area (TPSA) is 96.0 Å². The number of hydrogen-bond donors (Lipinski definition) is 1. The van der Waals surface area contributed by atoms with Crippen molar-refractivity contribution in [1.82, 2.24) is 10.2 Å². The maximum atomic E-state index is 14.3. The Kier molecular flexibility index (Phi) is 12.5. The molecule has 0 aliphatic carbocycles. The summed E-state index contributed by atoms with van der Waals surface area (Å²) in [4.78, 5) is 30.1. The number of sulfonamides is 1. The minimum absolute atomic E-state index is 0.0520. The summed E-state index contributed by atoms with van der Waals surface area (Å²) < 4.78 is 35.3. The van der Waals surface area contributed by atoms with E-state index in [0.29, 0.717) is 25.3 Å². The van der Waals surface area contributed by atoms with Gasteiger partial charge in [-0.1, -0.05) is 62.7 Å². The normalized spacial score (nSPS) is 12.1. The highest BCUT2D eigenvalue weighted by Gasteiger charge is 2.34. The summed E-state index contributed by atoms with van der Waals surface area (Å²) in [6, 6.07) is 20.3. The van der Waals surface area contributed by atoms with E-state index in [1.165, 1.54) is 16.7 Å². The van der Waals surface area contributed by atoms with Crippen LogP contribution in [-0.2, 0) is 26.2 Å². The molecule has 8 nitrogen and oxygen atoms in total. The lowest BCUT2D eigenvalue weighted by molar-refractivity contribution is -0.140. The number of ether oxygens (including phenoxy) is 1. The van der Waals surface area contributed by atoms with E-state index in [2.05, 4.69) is 5.32 Å². The molecule has 3 aromatic carbocycles. The van der Waals surface area contributed by atoms with Crippen LogP contribution in [0.25, 0.3) is 0 Å². The molecule has 1 N–H and O–H groups in total. The third kappa shape index (κ3) is 9.00. The Bertz CT molecular complexity index is 1460. The number of nitrogens with zero attached hydrogens (tertiary/aromatic N) is 2. The first kappa shape index (κ1) is 34.0. The van der Waals surface area contributed by atoms with E-state index >= 15 is 0 Å². The summed E-state index contributed by atoms with van der Waals surface area (Å²) in [7, 11) is -4.21. The molecule has 0 heterocycles. The summed E-state index contributed by atoms with van der Waals surface area (Å²) in [5.74, 6) is -0.194. The fourth-order valence-corrected chi connectivity index (χ4v) is 6.39. The number of nitrogens with one attached hydrogen (secondary N) is 1. The molecule has 232 valence electrons. The number of anilines is 1. The molecule has 43 heavy (non-hydrogen) atoms. The second kappa shape index (κ2) is 15.8. The van der Waals surface area contributed by atoms with Crippen molar-refractivity contribution in [3.05, 3.63) is 83.9 Å². The van der Waals surface area contributed by atoms with E-state index in [9.17, 15) is 18.0 Å². The van der Waals surface area contributed by atoms with Crippen molar-refractivity contribution in [3.8, 4) is 5.75 Å². The number of para-hydroxylation sites is 2. The number of hydrogen-bond acceptors (Lipinski definition) is 6. The Labute approximate surface area is 260 Å². The number of thioether (sulfide) groups is 1. The first-order valence-corrected chi connectivity index (χ1v) is 17.2. The molecule has 0 aliphatic rings. The molecule has 0 aliphatic heterocycles. The third-order valence-electron chi connectivity index (χ3n) is 6.90. The summed E-state index contributed by atoms with van der Waals surface area (Å²) in [6.07, 6.45) is 2.27. The van der Waals surface area contributed by atoms with Crippen molar-refractivity contribution in [2.45, 2.75) is 63.4 Å². The van der Waals surface area contributed by atoms with Crippen molar-refractivity contribution in [2.24, 2.45) is 5.92 Å². The molecule has 0 aromatic heterocycles. The van der Waals surface area contributed by atoms with E-state index in [1.54, 1.807) is 48.5 Å². The van der Waals surface area contributed by atoms with E-state index in [1.807, 2.05) is 65.1 Å². The van der Waals surface area contributed by atoms with Gasteiger partial charge in [-0.05, 0) is 74.4 Å². The zero-order valence-corrected chi connectivity index (χ0v) is 27.5. The summed E-state index contributed by atoms with van der Waals surface area (Å²) >= 11 is 1.51. The molecule has 0 saturated carbocycles. The molecule has 0 radical (unpaired) electrons. The number of carbonyl (C=O) groups is 2. The molecule has 0 saturated heterocycles. The Hall–Kier alpha value is -3.50. The number of aryl methyl sites for hydroxylation is 1. The van der Waals surface area contributed by atoms with Gasteiger partial charge < -0.3 is 15.0 Å². The fraction of sp³-hybridized carbons (Fsp3) is 0.394. The molecule has 1 atom stereocenters. The third-order valence-corrected chi connectivity index (χ3v) is 9.42. The first-order chi connectivity index (χ1) is 20.5. The molecule has 2 amide bonds. The van der Waals surface area contributed by atoms with Crippen molar-refractivity contribution in [3.63, 3.8) is 0 Å². The van der Waals surface area contributed by atoms with Gasteiger partial charge in [0.2, 0.25) is 11.8 Å². The number of carbonyl (C=O) groups excluding carboxylic acids is 2. The SMILES string of the molecule is CCOc1ccccc1N(CC(=O)N(Cc1ccc(C)cc1)[C@@H](CC)C(=O)NCC(C)C)S(=O)(=O)c1ccc(SC)cc1. The lowest BCUT2D eigenvalue weighted by atomic mass is 10.1. The van der Waals surface area contributed by atoms with Crippen LogP contribution in [0.2, 0.25) is 0 Å². The quantitative estimate of drug-likeness (QED) is 0.212. The zero-order chi connectivity index (χ0) is 31.6. The maximum absolute atomic E-state index is 14.3. The molecule has 3 aromatic rings. The van der Waals surface area contributed by atoms with Crippen LogP contribution in [0.15, 0.2) is 82.6 Å². The Morgan fingerprint density at radius 2 is 1.60 bits per heavy atom. The van der Waals surface area contributed by atoms with Crippen LogP contribution in [0, 0.1) is 12.8 Å². The second-order valence-electron chi connectivity index (χ2n) is 10.7. The summed E-state index contributed by atoms with van der Waals surface area (Å²) in [5, 5.41) is 2.95. The average molecular weight is 626 g/mol. The monoisotopic (exact) mass is 625 g/mol. The molecular formula is C33H43N3O5S2. The molecule has 10 heteroatoms. The van der Waals surface area contributed by atoms with E-state index in [4.69, 9.17) is 4.74 Å². The Balaban J connectivity index is 2.09. The minimum atomic E-state index is -4.21. The van der Waals surface area contributed by atoms with Crippen molar-refractivity contribution < 1.29 is 22.7 Å².